The van der Waals surface area contributed by atoms with E-state index in [9.17, 15) is 14.4 Å². The lowest BCUT2D eigenvalue weighted by Crippen LogP contribution is -2.39. The summed E-state index contributed by atoms with van der Waals surface area (Å²) in [6.45, 7) is 2.56. The van der Waals surface area contributed by atoms with Crippen LogP contribution in [-0.4, -0.2) is 42.7 Å². The van der Waals surface area contributed by atoms with E-state index in [1.165, 1.54) is 6.92 Å². The van der Waals surface area contributed by atoms with Gasteiger partial charge in [0.2, 0.25) is 0 Å². The second-order valence-corrected chi connectivity index (χ2v) is 5.88. The molecule has 0 heterocycles. The van der Waals surface area contributed by atoms with E-state index in [-0.39, 0.29) is 0 Å². The van der Waals surface area contributed by atoms with Crippen LogP contribution in [0.2, 0.25) is 0 Å². The highest BCUT2D eigenvalue weighted by Gasteiger charge is 2.23. The average molecular weight is 359 g/mol. The molecule has 0 bridgehead atoms. The lowest BCUT2D eigenvalue weighted by atomic mass is 9.98. The maximum Gasteiger partial charge on any atom is 0.322 e. The molecule has 0 aliphatic carbocycles. The van der Waals surface area contributed by atoms with E-state index in [0.29, 0.717) is 0 Å². The fourth-order valence-corrected chi connectivity index (χ4v) is 2.41. The lowest BCUT2D eigenvalue weighted by molar-refractivity contribution is -0.156. The number of hydrogen-bond donors (Lipinski definition) is 2. The summed E-state index contributed by atoms with van der Waals surface area (Å²) in [6, 6.07) is 11.2. The predicted molar refractivity (Wildman–Crippen MR) is 95.1 cm³/mol. The van der Waals surface area contributed by atoms with Crippen LogP contribution in [0.1, 0.15) is 25.3 Å². The third kappa shape index (κ3) is 4.72. The standard InChI is InChI=1S/C19H21NO6/c1-11(19(24)26-12(2)18(23)20-10-17(21)22)13-4-5-15-9-16(25-3)7-6-14(15)8-13/h4-9,11-12H,10H2,1-3H3,(H,20,23)(H,21,22)/t11-,12?/m0/s1. The monoisotopic (exact) mass is 359 g/mol. The Kier molecular flexibility index (Phi) is 6.16. The Morgan fingerprint density at radius 2 is 1.73 bits per heavy atom. The van der Waals surface area contributed by atoms with Crippen LogP contribution in [-0.2, 0) is 19.1 Å². The lowest BCUT2D eigenvalue weighted by Gasteiger charge is -2.17. The number of nitrogens with one attached hydrogen (secondary N) is 1. The first-order chi connectivity index (χ1) is 12.3. The van der Waals surface area contributed by atoms with E-state index in [2.05, 4.69) is 5.32 Å². The van der Waals surface area contributed by atoms with Gasteiger partial charge in [-0.3, -0.25) is 14.4 Å². The van der Waals surface area contributed by atoms with Gasteiger partial charge in [0.1, 0.15) is 12.3 Å². The maximum atomic E-state index is 12.3. The molecule has 7 nitrogen and oxygen atoms in total. The van der Waals surface area contributed by atoms with E-state index in [1.807, 2.05) is 36.4 Å². The van der Waals surface area contributed by atoms with E-state index in [0.717, 1.165) is 22.1 Å². The second kappa shape index (κ2) is 8.33. The average Bonchev–Trinajstić information content (AvgIpc) is 2.64. The number of methoxy groups -OCH3 is 1. The number of benzene rings is 2. The fourth-order valence-electron chi connectivity index (χ4n) is 2.41. The molecule has 1 unspecified atom stereocenters. The Balaban J connectivity index is 2.06. The van der Waals surface area contributed by atoms with Gasteiger partial charge in [0.25, 0.3) is 5.91 Å². The summed E-state index contributed by atoms with van der Waals surface area (Å²) in [7, 11) is 1.60. The zero-order valence-corrected chi connectivity index (χ0v) is 14.8. The predicted octanol–water partition coefficient (Wildman–Crippen LogP) is 2.08. The highest BCUT2D eigenvalue weighted by molar-refractivity contribution is 5.89. The molecular weight excluding hydrogens is 338 g/mol. The first kappa shape index (κ1) is 19.2. The third-order valence-corrected chi connectivity index (χ3v) is 4.00. The number of fused-ring (bicyclic) bond motifs is 1. The molecule has 0 aromatic heterocycles. The zero-order valence-electron chi connectivity index (χ0n) is 14.8. The minimum absolute atomic E-state index is 0.523. The van der Waals surface area contributed by atoms with Gasteiger partial charge in [0.05, 0.1) is 13.0 Å². The minimum atomic E-state index is -1.17. The van der Waals surface area contributed by atoms with E-state index < -0.39 is 36.4 Å². The van der Waals surface area contributed by atoms with Crippen LogP contribution in [0.4, 0.5) is 0 Å². The summed E-state index contributed by atoms with van der Waals surface area (Å²) in [5.41, 5.74) is 0.755. The molecule has 26 heavy (non-hydrogen) atoms. The van der Waals surface area contributed by atoms with Gasteiger partial charge in [0.15, 0.2) is 6.10 Å². The van der Waals surface area contributed by atoms with Crippen molar-refractivity contribution in [1.29, 1.82) is 0 Å². The number of carbonyl (C=O) groups is 3. The number of carboxylic acid groups (broad SMARTS) is 1. The summed E-state index contributed by atoms with van der Waals surface area (Å²) < 4.78 is 10.3. The van der Waals surface area contributed by atoms with Crippen molar-refractivity contribution >= 4 is 28.6 Å². The Labute approximate surface area is 150 Å². The molecule has 0 aliphatic heterocycles. The molecule has 0 saturated heterocycles. The molecule has 0 spiro atoms. The number of carbonyl (C=O) groups excluding carboxylic acids is 2. The van der Waals surface area contributed by atoms with Crippen LogP contribution >= 0.6 is 0 Å². The van der Waals surface area contributed by atoms with Gasteiger partial charge in [-0.15, -0.1) is 0 Å². The van der Waals surface area contributed by atoms with Gasteiger partial charge < -0.3 is 19.9 Å². The van der Waals surface area contributed by atoms with Crippen molar-refractivity contribution in [3.63, 3.8) is 0 Å². The number of carboxylic acids is 1. The first-order valence-electron chi connectivity index (χ1n) is 8.09. The fraction of sp³-hybridized carbons (Fsp3) is 0.316. The highest BCUT2D eigenvalue weighted by Crippen LogP contribution is 2.26. The van der Waals surface area contributed by atoms with Crippen LogP contribution in [0.3, 0.4) is 0 Å². The first-order valence-corrected chi connectivity index (χ1v) is 8.09. The Bertz CT molecular complexity index is 832. The van der Waals surface area contributed by atoms with Crippen LogP contribution in [0.15, 0.2) is 36.4 Å². The van der Waals surface area contributed by atoms with Crippen molar-refractivity contribution in [3.8, 4) is 5.75 Å². The number of esters is 1. The summed E-state index contributed by atoms with van der Waals surface area (Å²) in [4.78, 5) is 34.5. The molecule has 7 heteroatoms. The van der Waals surface area contributed by atoms with Crippen LogP contribution in [0.5, 0.6) is 5.75 Å². The van der Waals surface area contributed by atoms with Crippen LogP contribution in [0.25, 0.3) is 10.8 Å². The van der Waals surface area contributed by atoms with Crippen LogP contribution < -0.4 is 10.1 Å². The van der Waals surface area contributed by atoms with Gasteiger partial charge in [-0.1, -0.05) is 24.3 Å². The van der Waals surface area contributed by atoms with E-state index in [4.69, 9.17) is 14.6 Å². The van der Waals surface area contributed by atoms with Crippen molar-refractivity contribution in [1.82, 2.24) is 5.32 Å². The SMILES string of the molecule is COc1ccc2cc([C@H](C)C(=O)OC(C)C(=O)NCC(=O)O)ccc2c1. The maximum absolute atomic E-state index is 12.3. The molecule has 138 valence electrons. The number of aliphatic carboxylic acids is 1. The van der Waals surface area contributed by atoms with Crippen molar-refractivity contribution in [3.05, 3.63) is 42.0 Å². The van der Waals surface area contributed by atoms with Gasteiger partial charge in [0, 0.05) is 0 Å². The normalized spacial score (nSPS) is 12.9. The van der Waals surface area contributed by atoms with Crippen molar-refractivity contribution in [2.45, 2.75) is 25.9 Å². The molecule has 2 rings (SSSR count). The topological polar surface area (TPSA) is 102 Å². The molecule has 2 aromatic carbocycles. The quantitative estimate of drug-likeness (QED) is 0.734. The highest BCUT2D eigenvalue weighted by atomic mass is 16.5. The van der Waals surface area contributed by atoms with Crippen molar-refractivity contribution in [2.24, 2.45) is 0 Å². The molecule has 0 aliphatic rings. The smallest absolute Gasteiger partial charge is 0.322 e. The Morgan fingerprint density at radius 3 is 2.38 bits per heavy atom. The van der Waals surface area contributed by atoms with Crippen LogP contribution in [0, 0.1) is 0 Å². The molecule has 2 atom stereocenters. The summed E-state index contributed by atoms with van der Waals surface area (Å²) in [5.74, 6) is -2.21. The van der Waals surface area contributed by atoms with E-state index in [1.54, 1.807) is 14.0 Å². The number of rotatable bonds is 7. The Morgan fingerprint density at radius 1 is 1.08 bits per heavy atom. The minimum Gasteiger partial charge on any atom is -0.497 e. The number of hydrogen-bond acceptors (Lipinski definition) is 5. The van der Waals surface area contributed by atoms with Crippen molar-refractivity contribution < 1.29 is 29.0 Å². The van der Waals surface area contributed by atoms with Gasteiger partial charge in [-0.05, 0) is 42.3 Å². The largest absolute Gasteiger partial charge is 0.497 e. The number of ether oxygens (including phenoxy) is 2. The summed E-state index contributed by atoms with van der Waals surface area (Å²) in [5, 5.41) is 12.7. The van der Waals surface area contributed by atoms with Gasteiger partial charge in [-0.25, -0.2) is 0 Å². The zero-order chi connectivity index (χ0) is 19.3. The van der Waals surface area contributed by atoms with Gasteiger partial charge >= 0.3 is 11.9 Å². The molecule has 0 saturated carbocycles. The molecule has 2 N–H and O–H groups in total. The Hall–Kier alpha value is -3.09. The third-order valence-electron chi connectivity index (χ3n) is 4.00. The van der Waals surface area contributed by atoms with E-state index >= 15 is 0 Å². The summed E-state index contributed by atoms with van der Waals surface area (Å²) >= 11 is 0. The molecule has 1 amide bonds. The molecular formula is C19H21NO6. The number of amides is 1. The molecule has 2 aromatic rings. The molecule has 0 radical (unpaired) electrons. The van der Waals surface area contributed by atoms with Crippen molar-refractivity contribution in [2.75, 3.05) is 13.7 Å². The van der Waals surface area contributed by atoms with Gasteiger partial charge in [-0.2, -0.15) is 0 Å². The summed E-state index contributed by atoms with van der Waals surface area (Å²) in [6.07, 6.45) is -1.07. The molecule has 0 fully saturated rings. The second-order valence-electron chi connectivity index (χ2n) is 5.88.